The third kappa shape index (κ3) is 4.68. The zero-order chi connectivity index (χ0) is 25.4. The first kappa shape index (κ1) is 24.9. The molecule has 0 spiro atoms. The van der Waals surface area contributed by atoms with Crippen LogP contribution in [0.1, 0.15) is 49.4 Å². The quantitative estimate of drug-likeness (QED) is 0.356. The van der Waals surface area contributed by atoms with E-state index >= 15 is 0 Å². The maximum Gasteiger partial charge on any atom is 0.251 e. The van der Waals surface area contributed by atoms with Gasteiger partial charge in [0, 0.05) is 27.7 Å². The Morgan fingerprint density at radius 3 is 2.29 bits per heavy atom. The number of fused-ring (bicyclic) bond motifs is 1. The Morgan fingerprint density at radius 1 is 0.943 bits per heavy atom. The molecular weight excluding hydrogens is 458 g/mol. The summed E-state index contributed by atoms with van der Waals surface area (Å²) >= 11 is 6.19. The van der Waals surface area contributed by atoms with Gasteiger partial charge in [-0.25, -0.2) is 0 Å². The summed E-state index contributed by atoms with van der Waals surface area (Å²) in [5.74, 6) is 1.21. The number of halogens is 1. The molecule has 1 atom stereocenters. The van der Waals surface area contributed by atoms with E-state index < -0.39 is 5.54 Å². The van der Waals surface area contributed by atoms with Crippen molar-refractivity contribution in [3.05, 3.63) is 94.0 Å². The molecule has 4 rings (SSSR count). The third-order valence-electron chi connectivity index (χ3n) is 6.91. The minimum atomic E-state index is -0.421. The van der Waals surface area contributed by atoms with Gasteiger partial charge in [0.25, 0.3) is 5.91 Å². The number of methoxy groups -OCH3 is 2. The molecule has 3 aromatic carbocycles. The van der Waals surface area contributed by atoms with E-state index in [0.29, 0.717) is 16.5 Å². The number of ether oxygens (including phenoxy) is 2. The van der Waals surface area contributed by atoms with Gasteiger partial charge in [-0.15, -0.1) is 0 Å². The number of hydrogen-bond donors (Lipinski definition) is 0. The Balaban J connectivity index is 1.75. The summed E-state index contributed by atoms with van der Waals surface area (Å²) in [4.78, 5) is 15.6. The lowest BCUT2D eigenvalue weighted by Crippen LogP contribution is -2.55. The second kappa shape index (κ2) is 9.43. The van der Waals surface area contributed by atoms with Gasteiger partial charge in [-0.3, -0.25) is 4.79 Å². The lowest BCUT2D eigenvalue weighted by Gasteiger charge is -2.51. The summed E-state index contributed by atoms with van der Waals surface area (Å²) < 4.78 is 10.7. The van der Waals surface area contributed by atoms with Crippen molar-refractivity contribution in [2.75, 3.05) is 19.1 Å². The van der Waals surface area contributed by atoms with Crippen molar-refractivity contribution < 1.29 is 14.3 Å². The number of anilines is 1. The Kier molecular flexibility index (Phi) is 6.70. The minimum absolute atomic E-state index is 0.0620. The lowest BCUT2D eigenvalue weighted by molar-refractivity contribution is -0.115. The number of amides is 1. The summed E-state index contributed by atoms with van der Waals surface area (Å²) in [5, 5.41) is 0.717. The van der Waals surface area contributed by atoms with Gasteiger partial charge in [-0.05, 0) is 80.3 Å². The normalized spacial score (nSPS) is 18.9. The Bertz CT molecular complexity index is 1280. The molecule has 5 heteroatoms. The van der Waals surface area contributed by atoms with Crippen molar-refractivity contribution in [3.8, 4) is 11.5 Å². The number of nitrogens with zero attached hydrogens (tertiary/aromatic N) is 1. The summed E-state index contributed by atoms with van der Waals surface area (Å²) in [6.45, 7) is 8.61. The maximum absolute atomic E-state index is 13.7. The van der Waals surface area contributed by atoms with E-state index in [1.807, 2.05) is 41.3 Å². The highest BCUT2D eigenvalue weighted by Crippen LogP contribution is 2.50. The summed E-state index contributed by atoms with van der Waals surface area (Å²) in [5.41, 5.74) is 4.61. The van der Waals surface area contributed by atoms with Crippen molar-refractivity contribution >= 4 is 29.3 Å². The molecule has 1 aliphatic heterocycles. The average Bonchev–Trinajstić information content (AvgIpc) is 2.82. The van der Waals surface area contributed by atoms with Gasteiger partial charge in [0.15, 0.2) is 11.5 Å². The van der Waals surface area contributed by atoms with Gasteiger partial charge in [-0.2, -0.15) is 0 Å². The van der Waals surface area contributed by atoms with Crippen molar-refractivity contribution in [1.82, 2.24) is 0 Å². The monoisotopic (exact) mass is 489 g/mol. The summed E-state index contributed by atoms with van der Waals surface area (Å²) in [6, 6.07) is 20.0. The topological polar surface area (TPSA) is 38.8 Å². The maximum atomic E-state index is 13.7. The molecule has 0 aromatic heterocycles. The smallest absolute Gasteiger partial charge is 0.251 e. The second-order valence-corrected chi connectivity index (χ2v) is 10.4. The second-order valence-electron chi connectivity index (χ2n) is 9.97. The largest absolute Gasteiger partial charge is 0.493 e. The van der Waals surface area contributed by atoms with Crippen LogP contribution < -0.4 is 14.4 Å². The van der Waals surface area contributed by atoms with Crippen LogP contribution in [0.2, 0.25) is 5.02 Å². The first-order chi connectivity index (χ1) is 16.6. The standard InChI is InChI=1S/C30H32ClNO3/c1-20-7-14-25-24(17-20)30(4,22-10-12-23(31)13-11-22)19-29(2,3)32(25)28(33)16-9-21-8-15-26(34-5)27(18-21)35-6/h7-18H,19H2,1-6H3. The van der Waals surface area contributed by atoms with Crippen LogP contribution in [0.3, 0.4) is 0 Å². The molecule has 1 amide bonds. The van der Waals surface area contributed by atoms with E-state index in [-0.39, 0.29) is 11.3 Å². The molecule has 35 heavy (non-hydrogen) atoms. The van der Waals surface area contributed by atoms with Crippen molar-refractivity contribution in [3.63, 3.8) is 0 Å². The number of rotatable bonds is 5. The van der Waals surface area contributed by atoms with E-state index in [1.54, 1.807) is 20.3 Å². The number of hydrogen-bond acceptors (Lipinski definition) is 3. The number of aryl methyl sites for hydroxylation is 1. The van der Waals surface area contributed by atoms with Crippen LogP contribution in [-0.4, -0.2) is 25.7 Å². The van der Waals surface area contributed by atoms with Crippen molar-refractivity contribution in [1.29, 1.82) is 0 Å². The summed E-state index contributed by atoms with van der Waals surface area (Å²) in [6.07, 6.45) is 4.23. The molecule has 1 unspecified atom stereocenters. The fraction of sp³-hybridized carbons (Fsp3) is 0.300. The first-order valence-electron chi connectivity index (χ1n) is 11.7. The molecule has 0 fully saturated rings. The van der Waals surface area contributed by atoms with Crippen LogP contribution in [0.15, 0.2) is 66.7 Å². The molecule has 1 heterocycles. The molecule has 0 N–H and O–H groups in total. The van der Waals surface area contributed by atoms with E-state index in [1.165, 1.54) is 5.56 Å². The molecule has 4 nitrogen and oxygen atoms in total. The Hall–Kier alpha value is -3.24. The summed E-state index contributed by atoms with van der Waals surface area (Å²) in [7, 11) is 3.20. The minimum Gasteiger partial charge on any atom is -0.493 e. The molecule has 0 radical (unpaired) electrons. The van der Waals surface area contributed by atoms with E-state index in [4.69, 9.17) is 21.1 Å². The zero-order valence-corrected chi connectivity index (χ0v) is 21.9. The fourth-order valence-corrected chi connectivity index (χ4v) is 5.47. The van der Waals surface area contributed by atoms with Gasteiger partial charge in [0.05, 0.1) is 14.2 Å². The highest BCUT2D eigenvalue weighted by atomic mass is 35.5. The lowest BCUT2D eigenvalue weighted by atomic mass is 9.65. The van der Waals surface area contributed by atoms with Gasteiger partial charge in [0.1, 0.15) is 0 Å². The fourth-order valence-electron chi connectivity index (χ4n) is 5.34. The van der Waals surface area contributed by atoms with Crippen LogP contribution in [0.25, 0.3) is 6.08 Å². The first-order valence-corrected chi connectivity index (χ1v) is 12.1. The van der Waals surface area contributed by atoms with Crippen LogP contribution in [-0.2, 0) is 10.2 Å². The molecule has 0 saturated heterocycles. The number of carbonyl (C=O) groups is 1. The molecule has 0 saturated carbocycles. The Morgan fingerprint density at radius 2 is 1.63 bits per heavy atom. The molecule has 182 valence electrons. The molecule has 3 aromatic rings. The van der Waals surface area contributed by atoms with Gasteiger partial charge >= 0.3 is 0 Å². The van der Waals surface area contributed by atoms with Gasteiger partial charge in [-0.1, -0.05) is 54.4 Å². The van der Waals surface area contributed by atoms with Gasteiger partial charge < -0.3 is 14.4 Å². The van der Waals surface area contributed by atoms with E-state index in [0.717, 1.165) is 28.8 Å². The highest BCUT2D eigenvalue weighted by Gasteiger charge is 2.47. The third-order valence-corrected chi connectivity index (χ3v) is 7.16. The van der Waals surface area contributed by atoms with Crippen LogP contribution >= 0.6 is 11.6 Å². The SMILES string of the molecule is COc1ccc(C=CC(=O)N2c3ccc(C)cc3C(C)(c3ccc(Cl)cc3)CC2(C)C)cc1OC. The van der Waals surface area contributed by atoms with Crippen molar-refractivity contribution in [2.24, 2.45) is 0 Å². The van der Waals surface area contributed by atoms with E-state index in [9.17, 15) is 4.79 Å². The predicted octanol–water partition coefficient (Wildman–Crippen LogP) is 7.20. The molecule has 0 bridgehead atoms. The molecule has 1 aliphatic rings. The van der Waals surface area contributed by atoms with Gasteiger partial charge in [0.2, 0.25) is 0 Å². The molecular formula is C30H32ClNO3. The van der Waals surface area contributed by atoms with E-state index in [2.05, 4.69) is 58.0 Å². The zero-order valence-electron chi connectivity index (χ0n) is 21.2. The molecule has 0 aliphatic carbocycles. The van der Waals surface area contributed by atoms with Crippen molar-refractivity contribution in [2.45, 2.75) is 45.1 Å². The van der Waals surface area contributed by atoms with Crippen LogP contribution in [0.4, 0.5) is 5.69 Å². The number of carbonyl (C=O) groups excluding carboxylic acids is 1. The average molecular weight is 490 g/mol. The number of benzene rings is 3. The van der Waals surface area contributed by atoms with Crippen LogP contribution in [0.5, 0.6) is 11.5 Å². The van der Waals surface area contributed by atoms with Crippen LogP contribution in [0, 0.1) is 6.92 Å². The predicted molar refractivity (Wildman–Crippen MR) is 144 cm³/mol. The Labute approximate surface area is 213 Å². The highest BCUT2D eigenvalue weighted by molar-refractivity contribution is 6.30.